The highest BCUT2D eigenvalue weighted by atomic mass is 35.5. The Kier molecular flexibility index (Phi) is 12.0. The third-order valence-corrected chi connectivity index (χ3v) is 17.8. The van der Waals surface area contributed by atoms with Gasteiger partial charge >= 0.3 is 0 Å². The zero-order valence-corrected chi connectivity index (χ0v) is 36.9. The predicted octanol–water partition coefficient (Wildman–Crippen LogP) is 11.3. The van der Waals surface area contributed by atoms with Crippen LogP contribution in [0, 0.1) is 69.2 Å². The van der Waals surface area contributed by atoms with Crippen LogP contribution in [-0.2, 0) is 0 Å². The van der Waals surface area contributed by atoms with Crippen molar-refractivity contribution in [1.82, 2.24) is 0 Å². The highest BCUT2D eigenvalue weighted by Gasteiger charge is 2.36. The third-order valence-electron chi connectivity index (χ3n) is 10.6. The summed E-state index contributed by atoms with van der Waals surface area (Å²) in [6.45, 7) is 22.1. The van der Waals surface area contributed by atoms with Gasteiger partial charge in [0.05, 0.1) is 24.3 Å². The normalized spacial score (nSPS) is 11.5. The molecule has 0 aliphatic heterocycles. The van der Waals surface area contributed by atoms with E-state index in [0.29, 0.717) is 21.5 Å². The van der Waals surface area contributed by atoms with E-state index in [0.717, 1.165) is 32.9 Å². The zero-order chi connectivity index (χ0) is 39.2. The van der Waals surface area contributed by atoms with Crippen molar-refractivity contribution in [3.05, 3.63) is 151 Å². The van der Waals surface area contributed by atoms with Crippen molar-refractivity contribution in [2.45, 2.75) is 69.2 Å². The second-order valence-corrected chi connectivity index (χ2v) is 19.4. The van der Waals surface area contributed by atoms with E-state index in [1.165, 1.54) is 65.7 Å². The Labute approximate surface area is 335 Å². The highest BCUT2D eigenvalue weighted by Crippen LogP contribution is 2.53. The van der Waals surface area contributed by atoms with E-state index < -0.39 is 15.8 Å². The number of hydrogen-bond acceptors (Lipinski definition) is 2. The van der Waals surface area contributed by atoms with Crippen LogP contribution in [0.4, 0.5) is 0 Å². The first kappa shape index (κ1) is 40.0. The van der Waals surface area contributed by atoms with E-state index in [-0.39, 0.29) is 0 Å². The van der Waals surface area contributed by atoms with E-state index in [1.807, 2.05) is 0 Å². The lowest BCUT2D eigenvalue weighted by atomic mass is 9.99. The quantitative estimate of drug-likeness (QED) is 0.136. The van der Waals surface area contributed by atoms with Gasteiger partial charge in [-0.25, -0.2) is 0 Å². The molecule has 0 aromatic heterocycles. The SMILES string of the molecule is COc1c(Cl)c(C)cc(P(c2c(C)cccc2C)c2c(C)cccc2C)c1-c1c(P(c2c(C)cccc2C)c2c(C)cccc2C)cc(C)c(Cl)c1OC. The van der Waals surface area contributed by atoms with Gasteiger partial charge in [0.25, 0.3) is 0 Å². The molecule has 0 N–H and O–H groups in total. The van der Waals surface area contributed by atoms with Crippen LogP contribution in [0.15, 0.2) is 84.9 Å². The summed E-state index contributed by atoms with van der Waals surface area (Å²) in [5.74, 6) is 1.27. The summed E-state index contributed by atoms with van der Waals surface area (Å²) >= 11 is 14.8. The summed E-state index contributed by atoms with van der Waals surface area (Å²) in [5.41, 5.74) is 13.8. The van der Waals surface area contributed by atoms with E-state index in [2.05, 4.69) is 154 Å². The maximum atomic E-state index is 7.39. The maximum absolute atomic E-state index is 7.39. The van der Waals surface area contributed by atoms with Crippen LogP contribution >= 0.6 is 39.0 Å². The van der Waals surface area contributed by atoms with E-state index in [9.17, 15) is 0 Å². The van der Waals surface area contributed by atoms with E-state index >= 15 is 0 Å². The zero-order valence-electron chi connectivity index (χ0n) is 33.5. The molecule has 6 heteroatoms. The minimum Gasteiger partial charge on any atom is -0.495 e. The van der Waals surface area contributed by atoms with E-state index in [1.54, 1.807) is 14.2 Å². The second-order valence-electron chi connectivity index (χ2n) is 14.5. The largest absolute Gasteiger partial charge is 0.495 e. The maximum Gasteiger partial charge on any atom is 0.146 e. The molecule has 54 heavy (non-hydrogen) atoms. The molecular formula is C48H50Cl2O2P2. The molecular weight excluding hydrogens is 741 g/mol. The molecule has 6 aromatic carbocycles. The molecule has 0 atom stereocenters. The average molecular weight is 792 g/mol. The lowest BCUT2D eigenvalue weighted by Gasteiger charge is -2.33. The van der Waals surface area contributed by atoms with Crippen molar-refractivity contribution < 1.29 is 9.47 Å². The summed E-state index contributed by atoms with van der Waals surface area (Å²) in [6, 6.07) is 31.1. The molecule has 0 aliphatic carbocycles. The Balaban J connectivity index is 1.91. The van der Waals surface area contributed by atoms with Crippen molar-refractivity contribution in [2.24, 2.45) is 0 Å². The second kappa shape index (κ2) is 16.2. The number of aryl methyl sites for hydroxylation is 10. The summed E-state index contributed by atoms with van der Waals surface area (Å²) < 4.78 is 13.0. The Morgan fingerprint density at radius 3 is 0.796 bits per heavy atom. The number of methoxy groups -OCH3 is 2. The molecule has 0 aliphatic rings. The number of halogens is 2. The predicted molar refractivity (Wildman–Crippen MR) is 240 cm³/mol. The Morgan fingerprint density at radius 2 is 0.593 bits per heavy atom. The third kappa shape index (κ3) is 7.01. The van der Waals surface area contributed by atoms with Gasteiger partial charge in [0.15, 0.2) is 0 Å². The topological polar surface area (TPSA) is 18.5 Å². The Morgan fingerprint density at radius 1 is 0.370 bits per heavy atom. The molecule has 6 aromatic rings. The molecule has 0 saturated carbocycles. The minimum atomic E-state index is -1.15. The van der Waals surface area contributed by atoms with Crippen molar-refractivity contribution in [3.63, 3.8) is 0 Å². The van der Waals surface area contributed by atoms with Crippen LogP contribution < -0.4 is 41.3 Å². The summed E-state index contributed by atoms with van der Waals surface area (Å²) in [7, 11) is 1.16. The first-order valence-corrected chi connectivity index (χ1v) is 21.8. The smallest absolute Gasteiger partial charge is 0.146 e. The first-order valence-electron chi connectivity index (χ1n) is 18.3. The molecule has 2 nitrogen and oxygen atoms in total. The van der Waals surface area contributed by atoms with E-state index in [4.69, 9.17) is 32.7 Å². The molecule has 0 spiro atoms. The van der Waals surface area contributed by atoms with Crippen molar-refractivity contribution in [2.75, 3.05) is 14.2 Å². The van der Waals surface area contributed by atoms with Gasteiger partial charge in [-0.2, -0.15) is 0 Å². The van der Waals surface area contributed by atoms with Crippen molar-refractivity contribution >= 4 is 70.9 Å². The van der Waals surface area contributed by atoms with Gasteiger partial charge in [0.2, 0.25) is 0 Å². The monoisotopic (exact) mass is 790 g/mol. The van der Waals surface area contributed by atoms with Gasteiger partial charge < -0.3 is 9.47 Å². The molecule has 0 heterocycles. The van der Waals surface area contributed by atoms with Crippen LogP contribution in [0.5, 0.6) is 11.5 Å². The fraction of sp³-hybridized carbons (Fsp3) is 0.250. The lowest BCUT2D eigenvalue weighted by molar-refractivity contribution is 0.411. The molecule has 0 radical (unpaired) electrons. The summed E-state index contributed by atoms with van der Waals surface area (Å²) in [6.07, 6.45) is 0. The first-order chi connectivity index (χ1) is 25.7. The molecule has 0 fully saturated rings. The minimum absolute atomic E-state index is 0.586. The van der Waals surface area contributed by atoms with Gasteiger partial charge in [-0.05, 0) is 185 Å². The van der Waals surface area contributed by atoms with Crippen molar-refractivity contribution in [3.8, 4) is 22.6 Å². The Bertz CT molecular complexity index is 2060. The van der Waals surface area contributed by atoms with Crippen LogP contribution in [0.2, 0.25) is 10.0 Å². The fourth-order valence-corrected chi connectivity index (χ4v) is 14.9. The van der Waals surface area contributed by atoms with Crippen LogP contribution in [0.25, 0.3) is 11.1 Å². The molecule has 0 bridgehead atoms. The van der Waals surface area contributed by atoms with Crippen LogP contribution in [0.3, 0.4) is 0 Å². The standard InChI is InChI=1S/C48H50Cl2O2P2/c1-27-17-13-18-28(2)45(27)53(46-29(3)19-14-20-30(46)4)37-25-35(9)41(49)43(51-11)39(37)40-38(26-36(10)42(50)44(40)52-12)54(47-31(5)21-15-22-32(47)6)48-33(7)23-16-24-34(48)8/h13-26H,1-12H3. The number of hydrogen-bond donors (Lipinski definition) is 0. The number of rotatable bonds is 9. The van der Waals surface area contributed by atoms with Gasteiger partial charge in [-0.3, -0.25) is 0 Å². The molecule has 0 amide bonds. The van der Waals surface area contributed by atoms with Gasteiger partial charge in [-0.15, -0.1) is 0 Å². The highest BCUT2D eigenvalue weighted by molar-refractivity contribution is 7.81. The van der Waals surface area contributed by atoms with Gasteiger partial charge in [0, 0.05) is 11.1 Å². The summed E-state index contributed by atoms with van der Waals surface area (Å²) in [4.78, 5) is 0. The van der Waals surface area contributed by atoms with Gasteiger partial charge in [-0.1, -0.05) is 96.0 Å². The molecule has 278 valence electrons. The van der Waals surface area contributed by atoms with Crippen molar-refractivity contribution in [1.29, 1.82) is 0 Å². The van der Waals surface area contributed by atoms with Gasteiger partial charge in [0.1, 0.15) is 11.5 Å². The number of benzene rings is 6. The average Bonchev–Trinajstić information content (AvgIpc) is 3.11. The fourth-order valence-electron chi connectivity index (χ4n) is 8.05. The summed E-state index contributed by atoms with van der Waals surface area (Å²) in [5, 5.41) is 8.83. The molecule has 6 rings (SSSR count). The lowest BCUT2D eigenvalue weighted by Crippen LogP contribution is -2.32. The van der Waals surface area contributed by atoms with Crippen LogP contribution in [0.1, 0.15) is 55.6 Å². The van der Waals surface area contributed by atoms with Crippen LogP contribution in [-0.4, -0.2) is 14.2 Å². The number of ether oxygens (including phenoxy) is 2. The Hall–Kier alpha value is -3.64. The molecule has 0 unspecified atom stereocenters. The molecule has 0 saturated heterocycles.